The maximum absolute atomic E-state index is 12.4. The molecule has 1 aliphatic rings. The number of aliphatic imine (C=N–C) groups is 1. The Morgan fingerprint density at radius 1 is 1.17 bits per heavy atom. The molecule has 2 amide bonds. The Morgan fingerprint density at radius 2 is 1.86 bits per heavy atom. The van der Waals surface area contributed by atoms with E-state index in [1.54, 1.807) is 28.9 Å². The summed E-state index contributed by atoms with van der Waals surface area (Å²) in [4.78, 5) is 32.8. The molecule has 1 N–H and O–H groups in total. The summed E-state index contributed by atoms with van der Waals surface area (Å²) in [5.74, 6) is 0.439. The molecule has 0 unspecified atom stereocenters. The normalized spacial score (nSPS) is 13.8. The van der Waals surface area contributed by atoms with Gasteiger partial charge in [0.15, 0.2) is 5.96 Å². The molecule has 0 aliphatic carbocycles. The predicted molar refractivity (Wildman–Crippen MR) is 112 cm³/mol. The van der Waals surface area contributed by atoms with Crippen molar-refractivity contribution < 1.29 is 9.59 Å². The average molecular weight is 396 g/mol. The van der Waals surface area contributed by atoms with Gasteiger partial charge in [-0.1, -0.05) is 12.1 Å². The van der Waals surface area contributed by atoms with Gasteiger partial charge in [0.1, 0.15) is 0 Å². The van der Waals surface area contributed by atoms with Gasteiger partial charge >= 0.3 is 0 Å². The van der Waals surface area contributed by atoms with Crippen LogP contribution < -0.4 is 5.32 Å². The third-order valence-electron chi connectivity index (χ3n) is 4.80. The van der Waals surface area contributed by atoms with E-state index in [9.17, 15) is 9.59 Å². The fraction of sp³-hybridized carbons (Fsp3) is 0.429. The van der Waals surface area contributed by atoms with E-state index in [0.717, 1.165) is 30.9 Å². The summed E-state index contributed by atoms with van der Waals surface area (Å²) in [6.07, 6.45) is 5.36. The quantitative estimate of drug-likeness (QED) is 0.319. The summed E-state index contributed by atoms with van der Waals surface area (Å²) < 4.78 is 1.78. The van der Waals surface area contributed by atoms with Gasteiger partial charge in [-0.15, -0.1) is 0 Å². The van der Waals surface area contributed by atoms with E-state index in [1.807, 2.05) is 33.4 Å². The Balaban J connectivity index is 1.49. The highest BCUT2D eigenvalue weighted by Crippen LogP contribution is 2.22. The lowest BCUT2D eigenvalue weighted by Crippen LogP contribution is -2.38. The van der Waals surface area contributed by atoms with Crippen LogP contribution in [-0.2, 0) is 13.6 Å². The van der Waals surface area contributed by atoms with E-state index in [1.165, 1.54) is 4.90 Å². The molecule has 8 heteroatoms. The van der Waals surface area contributed by atoms with Gasteiger partial charge in [-0.2, -0.15) is 5.10 Å². The third-order valence-corrected chi connectivity index (χ3v) is 4.80. The molecular weight excluding hydrogens is 368 g/mol. The van der Waals surface area contributed by atoms with Crippen LogP contribution in [0.2, 0.25) is 0 Å². The molecule has 0 spiro atoms. The van der Waals surface area contributed by atoms with Gasteiger partial charge in [0.05, 0.1) is 17.3 Å². The van der Waals surface area contributed by atoms with Crippen molar-refractivity contribution in [1.29, 1.82) is 0 Å². The van der Waals surface area contributed by atoms with E-state index in [4.69, 9.17) is 0 Å². The minimum Gasteiger partial charge on any atom is -0.357 e. The lowest BCUT2D eigenvalue weighted by Gasteiger charge is -2.21. The van der Waals surface area contributed by atoms with Crippen LogP contribution in [0.1, 0.15) is 46.0 Å². The zero-order valence-electron chi connectivity index (χ0n) is 17.3. The first-order valence-corrected chi connectivity index (χ1v) is 9.93. The fourth-order valence-corrected chi connectivity index (χ4v) is 3.38. The van der Waals surface area contributed by atoms with Crippen LogP contribution in [0.15, 0.2) is 41.7 Å². The second-order valence-electron chi connectivity index (χ2n) is 7.13. The SMILES string of the molecule is CCNC(=NCCCCN1C(=O)c2ccccc2C1=O)N(C)Cc1cnn(C)c1. The van der Waals surface area contributed by atoms with E-state index in [2.05, 4.69) is 20.3 Å². The monoisotopic (exact) mass is 396 g/mol. The molecule has 2 heterocycles. The first kappa shape index (κ1) is 20.6. The number of nitrogens with one attached hydrogen (secondary N) is 1. The number of rotatable bonds is 8. The number of hydrogen-bond acceptors (Lipinski definition) is 4. The standard InChI is InChI=1S/C21H28N6O2/c1-4-22-21(25(2)14-16-13-24-26(3)15-16)23-11-7-8-12-27-19(28)17-9-5-6-10-18(17)20(27)29/h5-6,9-10,13,15H,4,7-8,11-12,14H2,1-3H3,(H,22,23). The van der Waals surface area contributed by atoms with E-state index in [-0.39, 0.29) is 11.8 Å². The molecule has 3 rings (SSSR count). The van der Waals surface area contributed by atoms with Gasteiger partial charge in [0, 0.05) is 52.0 Å². The molecule has 0 saturated heterocycles. The Hall–Kier alpha value is -3.16. The number of unbranched alkanes of at least 4 members (excludes halogenated alkanes) is 1. The van der Waals surface area contributed by atoms with Crippen LogP contribution in [0, 0.1) is 0 Å². The molecule has 29 heavy (non-hydrogen) atoms. The van der Waals surface area contributed by atoms with E-state index in [0.29, 0.717) is 30.8 Å². The number of benzene rings is 1. The molecule has 154 valence electrons. The molecule has 0 fully saturated rings. The second-order valence-corrected chi connectivity index (χ2v) is 7.13. The second kappa shape index (κ2) is 9.36. The van der Waals surface area contributed by atoms with Crippen molar-refractivity contribution in [1.82, 2.24) is 24.9 Å². The van der Waals surface area contributed by atoms with Crippen LogP contribution in [-0.4, -0.2) is 64.0 Å². The van der Waals surface area contributed by atoms with Crippen LogP contribution in [0.4, 0.5) is 0 Å². The molecular formula is C21H28N6O2. The van der Waals surface area contributed by atoms with Crippen molar-refractivity contribution >= 4 is 17.8 Å². The first-order chi connectivity index (χ1) is 14.0. The Morgan fingerprint density at radius 3 is 2.45 bits per heavy atom. The molecule has 8 nitrogen and oxygen atoms in total. The molecule has 1 aliphatic heterocycles. The average Bonchev–Trinajstić information content (AvgIpc) is 3.22. The Bertz CT molecular complexity index is 869. The molecule has 1 aromatic heterocycles. The Kier molecular flexibility index (Phi) is 6.64. The maximum Gasteiger partial charge on any atom is 0.261 e. The van der Waals surface area contributed by atoms with Crippen molar-refractivity contribution in [2.75, 3.05) is 26.7 Å². The largest absolute Gasteiger partial charge is 0.357 e. The van der Waals surface area contributed by atoms with Crippen molar-refractivity contribution in [3.8, 4) is 0 Å². The number of fused-ring (bicyclic) bond motifs is 1. The van der Waals surface area contributed by atoms with Crippen LogP contribution in [0.5, 0.6) is 0 Å². The molecule has 1 aromatic carbocycles. The van der Waals surface area contributed by atoms with Crippen molar-refractivity contribution in [2.45, 2.75) is 26.3 Å². The van der Waals surface area contributed by atoms with Gasteiger partial charge in [0.2, 0.25) is 0 Å². The number of aryl methyl sites for hydroxylation is 1. The van der Waals surface area contributed by atoms with Gasteiger partial charge in [-0.05, 0) is 31.9 Å². The predicted octanol–water partition coefficient (Wildman–Crippen LogP) is 1.89. The first-order valence-electron chi connectivity index (χ1n) is 9.93. The van der Waals surface area contributed by atoms with Gasteiger partial charge in [-0.25, -0.2) is 0 Å². The smallest absolute Gasteiger partial charge is 0.261 e. The zero-order valence-corrected chi connectivity index (χ0v) is 17.3. The molecule has 0 bridgehead atoms. The maximum atomic E-state index is 12.4. The molecule has 0 radical (unpaired) electrons. The van der Waals surface area contributed by atoms with Crippen molar-refractivity contribution in [2.24, 2.45) is 12.0 Å². The highest BCUT2D eigenvalue weighted by Gasteiger charge is 2.34. The summed E-state index contributed by atoms with van der Waals surface area (Å²) >= 11 is 0. The number of nitrogens with zero attached hydrogens (tertiary/aromatic N) is 5. The lowest BCUT2D eigenvalue weighted by molar-refractivity contribution is 0.0652. The van der Waals surface area contributed by atoms with E-state index < -0.39 is 0 Å². The number of aromatic nitrogens is 2. The summed E-state index contributed by atoms with van der Waals surface area (Å²) in [7, 11) is 3.89. The number of carbonyl (C=O) groups excluding carboxylic acids is 2. The number of guanidine groups is 1. The van der Waals surface area contributed by atoms with Crippen LogP contribution in [0.25, 0.3) is 0 Å². The summed E-state index contributed by atoms with van der Waals surface area (Å²) in [6.45, 7) is 4.59. The summed E-state index contributed by atoms with van der Waals surface area (Å²) in [5, 5.41) is 7.49. The van der Waals surface area contributed by atoms with Crippen molar-refractivity contribution in [3.63, 3.8) is 0 Å². The van der Waals surface area contributed by atoms with Gasteiger partial charge < -0.3 is 10.2 Å². The number of carbonyl (C=O) groups is 2. The highest BCUT2D eigenvalue weighted by atomic mass is 16.2. The number of hydrogen-bond donors (Lipinski definition) is 1. The fourth-order valence-electron chi connectivity index (χ4n) is 3.38. The molecule has 2 aromatic rings. The van der Waals surface area contributed by atoms with Gasteiger partial charge in [-0.3, -0.25) is 24.2 Å². The van der Waals surface area contributed by atoms with Crippen molar-refractivity contribution in [3.05, 3.63) is 53.3 Å². The zero-order chi connectivity index (χ0) is 20.8. The third kappa shape index (κ3) is 4.82. The topological polar surface area (TPSA) is 82.8 Å². The number of amides is 2. The number of imide groups is 1. The molecule has 0 saturated carbocycles. The molecule has 0 atom stereocenters. The summed E-state index contributed by atoms with van der Waals surface area (Å²) in [5.41, 5.74) is 2.12. The van der Waals surface area contributed by atoms with Crippen LogP contribution >= 0.6 is 0 Å². The minimum absolute atomic E-state index is 0.196. The summed E-state index contributed by atoms with van der Waals surface area (Å²) in [6, 6.07) is 6.99. The van der Waals surface area contributed by atoms with E-state index >= 15 is 0 Å². The van der Waals surface area contributed by atoms with Crippen LogP contribution in [0.3, 0.4) is 0 Å². The lowest BCUT2D eigenvalue weighted by atomic mass is 10.1. The Labute approximate surface area is 171 Å². The highest BCUT2D eigenvalue weighted by molar-refractivity contribution is 6.21. The van der Waals surface area contributed by atoms with Gasteiger partial charge in [0.25, 0.3) is 11.8 Å². The minimum atomic E-state index is -0.196.